The first-order chi connectivity index (χ1) is 31.0. The lowest BCUT2D eigenvalue weighted by molar-refractivity contribution is -0.151. The van der Waals surface area contributed by atoms with E-state index in [1.165, 1.54) is 225 Å². The van der Waals surface area contributed by atoms with Crippen LogP contribution in [0.25, 0.3) is 0 Å². The lowest BCUT2D eigenvalue weighted by atomic mass is 10.0. The molecule has 6 heteroatoms. The molecule has 0 radical (unpaired) electrons. The third-order valence-electron chi connectivity index (χ3n) is 13.3. The Morgan fingerprint density at radius 3 is 1.13 bits per heavy atom. The normalized spacial score (nSPS) is 13.2. The van der Waals surface area contributed by atoms with E-state index in [9.17, 15) is 19.8 Å². The Labute approximate surface area is 393 Å². The average molecular weight is 891 g/mol. The smallest absolute Gasteiger partial charge is 0.306 e. The largest absolute Gasteiger partial charge is 0.462 e. The van der Waals surface area contributed by atoms with Crippen LogP contribution in [-0.4, -0.2) is 46.9 Å². The van der Waals surface area contributed by atoms with Gasteiger partial charge in [-0.2, -0.15) is 0 Å². The predicted molar refractivity (Wildman–Crippen MR) is 273 cm³/mol. The van der Waals surface area contributed by atoms with E-state index in [4.69, 9.17) is 4.74 Å². The summed E-state index contributed by atoms with van der Waals surface area (Å²) in [5.74, 6) is -0.457. The minimum Gasteiger partial charge on any atom is -0.462 e. The highest BCUT2D eigenvalue weighted by Gasteiger charge is 2.24. The fourth-order valence-electron chi connectivity index (χ4n) is 9.02. The molecule has 0 aromatic carbocycles. The summed E-state index contributed by atoms with van der Waals surface area (Å²) in [5, 5.41) is 23.8. The lowest BCUT2D eigenvalue weighted by Crippen LogP contribution is -2.46. The molecule has 0 bridgehead atoms. The quantitative estimate of drug-likeness (QED) is 0.0321. The highest BCUT2D eigenvalue weighted by molar-refractivity contribution is 5.77. The number of carbonyl (C=O) groups excluding carboxylic acids is 2. The number of unbranched alkanes of at least 4 members (excludes halogenated alkanes) is 38. The van der Waals surface area contributed by atoms with Crippen LogP contribution in [0.15, 0.2) is 12.2 Å². The van der Waals surface area contributed by atoms with E-state index in [1.54, 1.807) is 0 Å². The SMILES string of the molecule is CCCCCCCC/C=C/CCCCCCCCCC(=O)OC(CCCCCCCCCCCCCCCCCCC)CC(=O)NC(CO)C(O)CCCCCCCCCCCC. The summed E-state index contributed by atoms with van der Waals surface area (Å²) in [6.45, 7) is 6.51. The van der Waals surface area contributed by atoms with Crippen molar-refractivity contribution in [1.82, 2.24) is 5.32 Å². The highest BCUT2D eigenvalue weighted by Crippen LogP contribution is 2.19. The van der Waals surface area contributed by atoms with E-state index in [2.05, 4.69) is 38.2 Å². The van der Waals surface area contributed by atoms with Gasteiger partial charge in [-0.15, -0.1) is 0 Å². The number of allylic oxidation sites excluding steroid dienone is 2. The van der Waals surface area contributed by atoms with Crippen molar-refractivity contribution in [3.63, 3.8) is 0 Å². The zero-order chi connectivity index (χ0) is 45.9. The van der Waals surface area contributed by atoms with Crippen molar-refractivity contribution in [2.45, 2.75) is 334 Å². The van der Waals surface area contributed by atoms with Gasteiger partial charge in [0.25, 0.3) is 0 Å². The molecule has 0 spiro atoms. The molecule has 0 aliphatic carbocycles. The van der Waals surface area contributed by atoms with E-state index in [0.29, 0.717) is 19.3 Å². The molecule has 0 heterocycles. The van der Waals surface area contributed by atoms with Gasteiger partial charge in [0.05, 0.1) is 25.2 Å². The zero-order valence-electron chi connectivity index (χ0n) is 42.7. The molecule has 0 aromatic heterocycles. The van der Waals surface area contributed by atoms with Crippen LogP contribution in [0.3, 0.4) is 0 Å². The molecule has 0 saturated carbocycles. The second-order valence-corrected chi connectivity index (χ2v) is 19.7. The summed E-state index contributed by atoms with van der Waals surface area (Å²) in [4.78, 5) is 26.2. The van der Waals surface area contributed by atoms with E-state index < -0.39 is 18.2 Å². The van der Waals surface area contributed by atoms with Gasteiger partial charge in [0.2, 0.25) is 5.91 Å². The number of nitrogens with one attached hydrogen (secondary N) is 1. The van der Waals surface area contributed by atoms with E-state index in [0.717, 1.165) is 44.9 Å². The number of amides is 1. The van der Waals surface area contributed by atoms with Gasteiger partial charge in [0.15, 0.2) is 0 Å². The summed E-state index contributed by atoms with van der Waals surface area (Å²) in [6, 6.07) is -0.695. The van der Waals surface area contributed by atoms with Crippen molar-refractivity contribution in [1.29, 1.82) is 0 Å². The summed E-state index contributed by atoms with van der Waals surface area (Å²) >= 11 is 0. The molecular weight excluding hydrogens is 779 g/mol. The summed E-state index contributed by atoms with van der Waals surface area (Å²) in [6.07, 6.45) is 58.5. The van der Waals surface area contributed by atoms with Crippen molar-refractivity contribution >= 4 is 11.9 Å². The van der Waals surface area contributed by atoms with Gasteiger partial charge in [-0.05, 0) is 51.4 Å². The van der Waals surface area contributed by atoms with Crippen LogP contribution in [0.2, 0.25) is 0 Å². The summed E-state index contributed by atoms with van der Waals surface area (Å²) < 4.78 is 5.96. The molecule has 0 rings (SSSR count). The third kappa shape index (κ3) is 46.9. The van der Waals surface area contributed by atoms with E-state index in [-0.39, 0.29) is 24.9 Å². The highest BCUT2D eigenvalue weighted by atomic mass is 16.5. The van der Waals surface area contributed by atoms with Crippen molar-refractivity contribution in [3.05, 3.63) is 12.2 Å². The third-order valence-corrected chi connectivity index (χ3v) is 13.3. The van der Waals surface area contributed by atoms with Gasteiger partial charge in [0.1, 0.15) is 6.10 Å². The van der Waals surface area contributed by atoms with E-state index >= 15 is 0 Å². The minimum absolute atomic E-state index is 0.0836. The molecule has 0 fully saturated rings. The van der Waals surface area contributed by atoms with Crippen molar-refractivity contribution < 1.29 is 24.5 Å². The molecule has 6 nitrogen and oxygen atoms in total. The molecule has 0 saturated heterocycles. The van der Waals surface area contributed by atoms with Gasteiger partial charge < -0.3 is 20.3 Å². The first-order valence-electron chi connectivity index (χ1n) is 28.4. The molecule has 3 N–H and O–H groups in total. The number of ether oxygens (including phenoxy) is 1. The molecule has 3 unspecified atom stereocenters. The Morgan fingerprint density at radius 1 is 0.444 bits per heavy atom. The fourth-order valence-corrected chi connectivity index (χ4v) is 9.02. The number of esters is 1. The van der Waals surface area contributed by atoms with Gasteiger partial charge in [-0.1, -0.05) is 264 Å². The van der Waals surface area contributed by atoms with Gasteiger partial charge in [-0.3, -0.25) is 9.59 Å². The summed E-state index contributed by atoms with van der Waals surface area (Å²) in [7, 11) is 0. The van der Waals surface area contributed by atoms with Crippen molar-refractivity contribution in [2.24, 2.45) is 0 Å². The number of aliphatic hydroxyl groups excluding tert-OH is 2. The van der Waals surface area contributed by atoms with E-state index in [1.807, 2.05) is 0 Å². The monoisotopic (exact) mass is 890 g/mol. The molecule has 3 atom stereocenters. The standard InChI is InChI=1S/C57H111NO5/c1-4-7-10-13-16-19-22-24-26-28-30-32-34-36-39-42-45-48-53(51-56(61)58-54(52-59)55(60)49-46-43-40-37-21-18-15-12-9-6-3)63-57(62)50-47-44-41-38-35-33-31-29-27-25-23-20-17-14-11-8-5-2/h25,27,53-55,59-60H,4-24,26,28-52H2,1-3H3,(H,58,61)/b27-25+. The maximum absolute atomic E-state index is 13.2. The lowest BCUT2D eigenvalue weighted by Gasteiger charge is -2.24. The topological polar surface area (TPSA) is 95.9 Å². The minimum atomic E-state index is -0.782. The van der Waals surface area contributed by atoms with Crippen molar-refractivity contribution in [3.8, 4) is 0 Å². The van der Waals surface area contributed by atoms with Gasteiger partial charge >= 0.3 is 5.97 Å². The molecule has 374 valence electrons. The number of hydrogen-bond donors (Lipinski definition) is 3. The fraction of sp³-hybridized carbons (Fsp3) is 0.930. The Bertz CT molecular complexity index is 955. The van der Waals surface area contributed by atoms with Crippen molar-refractivity contribution in [2.75, 3.05) is 6.61 Å². The average Bonchev–Trinajstić information content (AvgIpc) is 3.28. The Morgan fingerprint density at radius 2 is 0.762 bits per heavy atom. The maximum atomic E-state index is 13.2. The zero-order valence-corrected chi connectivity index (χ0v) is 42.7. The molecule has 0 aromatic rings. The number of aliphatic hydroxyl groups is 2. The first-order valence-corrected chi connectivity index (χ1v) is 28.4. The second kappa shape index (κ2) is 51.6. The predicted octanol–water partition coefficient (Wildman–Crippen LogP) is 17.3. The van der Waals surface area contributed by atoms with Gasteiger partial charge in [0, 0.05) is 6.42 Å². The van der Waals surface area contributed by atoms with Crippen LogP contribution >= 0.6 is 0 Å². The first kappa shape index (κ1) is 61.6. The van der Waals surface area contributed by atoms with Gasteiger partial charge in [-0.25, -0.2) is 0 Å². The number of rotatable bonds is 52. The molecule has 63 heavy (non-hydrogen) atoms. The molecule has 0 aliphatic rings. The molecule has 1 amide bonds. The summed E-state index contributed by atoms with van der Waals surface area (Å²) in [5.41, 5.74) is 0. The molecular formula is C57H111NO5. The maximum Gasteiger partial charge on any atom is 0.306 e. The number of carbonyl (C=O) groups is 2. The Kier molecular flexibility index (Phi) is 50.4. The van der Waals surface area contributed by atoms with Crippen LogP contribution < -0.4 is 5.32 Å². The van der Waals surface area contributed by atoms with Crippen LogP contribution in [0.4, 0.5) is 0 Å². The second-order valence-electron chi connectivity index (χ2n) is 19.7. The number of hydrogen-bond acceptors (Lipinski definition) is 5. The van der Waals surface area contributed by atoms with Crippen LogP contribution in [0, 0.1) is 0 Å². The Hall–Kier alpha value is -1.40. The van der Waals surface area contributed by atoms with Crippen LogP contribution in [-0.2, 0) is 14.3 Å². The van der Waals surface area contributed by atoms with Crippen LogP contribution in [0.1, 0.15) is 316 Å². The van der Waals surface area contributed by atoms with Crippen LogP contribution in [0.5, 0.6) is 0 Å². The Balaban J connectivity index is 4.50. The molecule has 0 aliphatic heterocycles.